The monoisotopic (exact) mass is 393 g/mol. The van der Waals surface area contributed by atoms with Gasteiger partial charge >= 0.3 is 0 Å². The van der Waals surface area contributed by atoms with E-state index in [2.05, 4.69) is 10.1 Å². The van der Waals surface area contributed by atoms with Crippen LogP contribution in [-0.2, 0) is 6.54 Å². The number of ether oxygens (including phenoxy) is 2. The van der Waals surface area contributed by atoms with Gasteiger partial charge in [0.1, 0.15) is 17.2 Å². The molecule has 2 aromatic carbocycles. The summed E-state index contributed by atoms with van der Waals surface area (Å²) in [4.78, 5) is 17.5. The Morgan fingerprint density at radius 1 is 1.04 bits per heavy atom. The molecule has 6 nitrogen and oxygen atoms in total. The van der Waals surface area contributed by atoms with E-state index in [0.717, 1.165) is 26.5 Å². The quantitative estimate of drug-likeness (QED) is 0.515. The van der Waals surface area contributed by atoms with Gasteiger partial charge in [-0.2, -0.15) is 5.10 Å². The third-order valence-corrected chi connectivity index (χ3v) is 5.38. The molecule has 0 spiro atoms. The number of hydrogen-bond acceptors (Lipinski definition) is 6. The number of nitrogens with zero attached hydrogens (tertiary/aromatic N) is 3. The van der Waals surface area contributed by atoms with Crippen molar-refractivity contribution in [3.05, 3.63) is 69.5 Å². The lowest BCUT2D eigenvalue weighted by Gasteiger charge is -2.11. The molecule has 0 bridgehead atoms. The molecule has 0 fully saturated rings. The molecule has 0 N–H and O–H groups in total. The standard InChI is InChI=1S/C21H19N3O3S/c1-13-22-19-20(28-13)18(15-7-5-4-6-8-15)23-24(21(19)25)12-14-9-16(26-2)11-17(10-14)27-3/h4-11H,12H2,1-3H3. The van der Waals surface area contributed by atoms with Crippen molar-refractivity contribution in [3.8, 4) is 22.8 Å². The fraction of sp³-hybridized carbons (Fsp3) is 0.190. The van der Waals surface area contributed by atoms with Gasteiger partial charge in [0.15, 0.2) is 5.52 Å². The highest BCUT2D eigenvalue weighted by Gasteiger charge is 2.17. The Balaban J connectivity index is 1.88. The van der Waals surface area contributed by atoms with E-state index in [0.29, 0.717) is 23.6 Å². The van der Waals surface area contributed by atoms with Gasteiger partial charge in [-0.25, -0.2) is 9.67 Å². The van der Waals surface area contributed by atoms with Crippen LogP contribution in [0.1, 0.15) is 10.6 Å². The average molecular weight is 393 g/mol. The van der Waals surface area contributed by atoms with Gasteiger partial charge in [-0.3, -0.25) is 4.79 Å². The van der Waals surface area contributed by atoms with Crippen LogP contribution in [0.2, 0.25) is 0 Å². The molecule has 28 heavy (non-hydrogen) atoms. The van der Waals surface area contributed by atoms with Crippen molar-refractivity contribution >= 4 is 21.6 Å². The Morgan fingerprint density at radius 3 is 2.36 bits per heavy atom. The Labute approximate surface area is 166 Å². The average Bonchev–Trinajstić information content (AvgIpc) is 3.12. The molecule has 0 aliphatic rings. The van der Waals surface area contributed by atoms with Gasteiger partial charge in [-0.05, 0) is 24.6 Å². The Bertz CT molecular complexity index is 1180. The third-order valence-electron chi connectivity index (χ3n) is 4.40. The van der Waals surface area contributed by atoms with E-state index in [1.54, 1.807) is 20.3 Å². The van der Waals surface area contributed by atoms with Gasteiger partial charge < -0.3 is 9.47 Å². The fourth-order valence-corrected chi connectivity index (χ4v) is 4.01. The topological polar surface area (TPSA) is 66.2 Å². The van der Waals surface area contributed by atoms with Crippen LogP contribution in [0.25, 0.3) is 21.5 Å². The molecule has 0 aliphatic carbocycles. The predicted molar refractivity (Wildman–Crippen MR) is 110 cm³/mol. The van der Waals surface area contributed by atoms with Crippen LogP contribution in [0, 0.1) is 6.92 Å². The first-order valence-corrected chi connectivity index (χ1v) is 9.56. The molecule has 0 saturated heterocycles. The fourth-order valence-electron chi connectivity index (χ4n) is 3.09. The molecule has 142 valence electrons. The first-order valence-electron chi connectivity index (χ1n) is 8.74. The van der Waals surface area contributed by atoms with E-state index in [1.165, 1.54) is 16.0 Å². The number of fused-ring (bicyclic) bond motifs is 1. The molecule has 0 radical (unpaired) electrons. The lowest BCUT2D eigenvalue weighted by Crippen LogP contribution is -2.24. The molecule has 0 saturated carbocycles. The smallest absolute Gasteiger partial charge is 0.294 e. The van der Waals surface area contributed by atoms with Crippen molar-refractivity contribution in [2.24, 2.45) is 0 Å². The molecule has 0 atom stereocenters. The van der Waals surface area contributed by atoms with Gasteiger partial charge in [0, 0.05) is 11.6 Å². The molecule has 4 rings (SSSR count). The van der Waals surface area contributed by atoms with E-state index < -0.39 is 0 Å². The van der Waals surface area contributed by atoms with E-state index in [1.807, 2.05) is 49.4 Å². The summed E-state index contributed by atoms with van der Waals surface area (Å²) >= 11 is 1.49. The van der Waals surface area contributed by atoms with Crippen molar-refractivity contribution < 1.29 is 9.47 Å². The highest BCUT2D eigenvalue weighted by Crippen LogP contribution is 2.29. The summed E-state index contributed by atoms with van der Waals surface area (Å²) in [5, 5.41) is 5.52. The SMILES string of the molecule is COc1cc(Cn2nc(-c3ccccc3)c3sc(C)nc3c2=O)cc(OC)c1. The first kappa shape index (κ1) is 18.2. The van der Waals surface area contributed by atoms with Crippen molar-refractivity contribution in [2.75, 3.05) is 14.2 Å². The van der Waals surface area contributed by atoms with Crippen LogP contribution in [-0.4, -0.2) is 29.0 Å². The number of methoxy groups -OCH3 is 2. The number of hydrogen-bond donors (Lipinski definition) is 0. The summed E-state index contributed by atoms with van der Waals surface area (Å²) in [6.45, 7) is 2.19. The van der Waals surface area contributed by atoms with E-state index in [-0.39, 0.29) is 5.56 Å². The Morgan fingerprint density at radius 2 is 1.71 bits per heavy atom. The number of benzene rings is 2. The van der Waals surface area contributed by atoms with Gasteiger partial charge in [0.05, 0.1) is 30.5 Å². The minimum absolute atomic E-state index is 0.208. The zero-order valence-electron chi connectivity index (χ0n) is 15.8. The second-order valence-corrected chi connectivity index (χ2v) is 7.51. The molecule has 0 amide bonds. The highest BCUT2D eigenvalue weighted by molar-refractivity contribution is 7.19. The van der Waals surface area contributed by atoms with Crippen LogP contribution >= 0.6 is 11.3 Å². The van der Waals surface area contributed by atoms with Crippen LogP contribution in [0.3, 0.4) is 0 Å². The van der Waals surface area contributed by atoms with Crippen LogP contribution in [0.15, 0.2) is 53.3 Å². The molecular formula is C21H19N3O3S. The maximum Gasteiger partial charge on any atom is 0.294 e. The maximum atomic E-state index is 13.0. The number of thiazole rings is 1. The number of aryl methyl sites for hydroxylation is 1. The Kier molecular flexibility index (Phi) is 4.83. The highest BCUT2D eigenvalue weighted by atomic mass is 32.1. The Hall–Kier alpha value is -3.19. The van der Waals surface area contributed by atoms with Crippen molar-refractivity contribution in [1.29, 1.82) is 0 Å². The maximum absolute atomic E-state index is 13.0. The molecule has 7 heteroatoms. The number of rotatable bonds is 5. The summed E-state index contributed by atoms with van der Waals surface area (Å²) in [5.41, 5.74) is 2.81. The normalized spacial score (nSPS) is 11.0. The van der Waals surface area contributed by atoms with E-state index in [4.69, 9.17) is 9.47 Å². The van der Waals surface area contributed by atoms with E-state index >= 15 is 0 Å². The first-order chi connectivity index (χ1) is 13.6. The largest absolute Gasteiger partial charge is 0.497 e. The molecule has 0 unspecified atom stereocenters. The number of aromatic nitrogens is 3. The molecular weight excluding hydrogens is 374 g/mol. The van der Waals surface area contributed by atoms with Gasteiger partial charge in [0.2, 0.25) is 0 Å². The predicted octanol–water partition coefficient (Wildman–Crippen LogP) is 3.89. The second-order valence-electron chi connectivity index (χ2n) is 6.31. The summed E-state index contributed by atoms with van der Waals surface area (Å²) in [6, 6.07) is 15.4. The van der Waals surface area contributed by atoms with Gasteiger partial charge in [0.25, 0.3) is 5.56 Å². The van der Waals surface area contributed by atoms with Gasteiger partial charge in [-0.15, -0.1) is 11.3 Å². The molecule has 0 aliphatic heterocycles. The lowest BCUT2D eigenvalue weighted by molar-refractivity contribution is 0.393. The van der Waals surface area contributed by atoms with Gasteiger partial charge in [-0.1, -0.05) is 30.3 Å². The zero-order valence-corrected chi connectivity index (χ0v) is 16.6. The van der Waals surface area contributed by atoms with E-state index in [9.17, 15) is 4.79 Å². The molecule has 4 aromatic rings. The summed E-state index contributed by atoms with van der Waals surface area (Å²) < 4.78 is 12.9. The summed E-state index contributed by atoms with van der Waals surface area (Å²) in [7, 11) is 3.20. The summed E-state index contributed by atoms with van der Waals surface area (Å²) in [5.74, 6) is 1.33. The molecule has 2 heterocycles. The van der Waals surface area contributed by atoms with Crippen molar-refractivity contribution in [2.45, 2.75) is 13.5 Å². The lowest BCUT2D eigenvalue weighted by atomic mass is 10.1. The second kappa shape index (κ2) is 7.44. The van der Waals surface area contributed by atoms with Crippen LogP contribution in [0.5, 0.6) is 11.5 Å². The van der Waals surface area contributed by atoms with Crippen LogP contribution < -0.4 is 15.0 Å². The van der Waals surface area contributed by atoms with Crippen molar-refractivity contribution in [1.82, 2.24) is 14.8 Å². The summed E-state index contributed by atoms with van der Waals surface area (Å²) in [6.07, 6.45) is 0. The molecule has 2 aromatic heterocycles. The van der Waals surface area contributed by atoms with Crippen LogP contribution in [0.4, 0.5) is 0 Å². The minimum atomic E-state index is -0.208. The minimum Gasteiger partial charge on any atom is -0.497 e. The third kappa shape index (κ3) is 3.36. The van der Waals surface area contributed by atoms with Crippen molar-refractivity contribution in [3.63, 3.8) is 0 Å². The zero-order chi connectivity index (χ0) is 19.7.